The molecule has 0 aromatic carbocycles. The second kappa shape index (κ2) is 4.08. The number of aliphatic hydroxyl groups is 1. The SMILES string of the molecule is Nc1nc(Cl)cc(OCCO)n1. The Hall–Kier alpha value is -1.07. The lowest BCUT2D eigenvalue weighted by Gasteiger charge is -2.02. The Morgan fingerprint density at radius 3 is 2.92 bits per heavy atom. The molecule has 0 aliphatic carbocycles. The highest BCUT2D eigenvalue weighted by molar-refractivity contribution is 6.29. The number of ether oxygens (including phenoxy) is 1. The number of nitrogen functional groups attached to an aromatic ring is 1. The summed E-state index contributed by atoms with van der Waals surface area (Å²) in [6.07, 6.45) is 0. The number of nitrogens with two attached hydrogens (primary N) is 1. The van der Waals surface area contributed by atoms with Gasteiger partial charge in [0, 0.05) is 6.07 Å². The summed E-state index contributed by atoms with van der Waals surface area (Å²) in [5, 5.41) is 8.65. The van der Waals surface area contributed by atoms with E-state index in [1.54, 1.807) is 0 Å². The zero-order chi connectivity index (χ0) is 8.97. The van der Waals surface area contributed by atoms with E-state index in [-0.39, 0.29) is 30.2 Å². The molecule has 66 valence electrons. The number of hydrogen-bond donors (Lipinski definition) is 2. The van der Waals surface area contributed by atoms with Crippen molar-refractivity contribution in [3.8, 4) is 5.88 Å². The van der Waals surface area contributed by atoms with Gasteiger partial charge in [-0.1, -0.05) is 11.6 Å². The van der Waals surface area contributed by atoms with Gasteiger partial charge in [-0.15, -0.1) is 0 Å². The maximum atomic E-state index is 8.43. The third kappa shape index (κ3) is 2.52. The van der Waals surface area contributed by atoms with Gasteiger partial charge in [-0.3, -0.25) is 0 Å². The molecule has 5 nitrogen and oxygen atoms in total. The summed E-state index contributed by atoms with van der Waals surface area (Å²) < 4.78 is 4.95. The normalized spacial score (nSPS) is 9.83. The zero-order valence-electron chi connectivity index (χ0n) is 6.20. The van der Waals surface area contributed by atoms with Crippen LogP contribution in [0.4, 0.5) is 5.95 Å². The maximum absolute atomic E-state index is 8.43. The molecule has 0 spiro atoms. The summed E-state index contributed by atoms with van der Waals surface area (Å²) in [6.45, 7) is 0.0777. The molecule has 12 heavy (non-hydrogen) atoms. The van der Waals surface area contributed by atoms with E-state index in [9.17, 15) is 0 Å². The zero-order valence-corrected chi connectivity index (χ0v) is 6.95. The number of anilines is 1. The van der Waals surface area contributed by atoms with E-state index < -0.39 is 0 Å². The molecule has 1 aromatic rings. The van der Waals surface area contributed by atoms with Crippen LogP contribution in [-0.4, -0.2) is 28.3 Å². The Labute approximate surface area is 74.2 Å². The second-order valence-corrected chi connectivity index (χ2v) is 2.35. The molecule has 0 bridgehead atoms. The molecular weight excluding hydrogens is 182 g/mol. The Balaban J connectivity index is 2.72. The van der Waals surface area contributed by atoms with E-state index >= 15 is 0 Å². The topological polar surface area (TPSA) is 81.3 Å². The first-order valence-corrected chi connectivity index (χ1v) is 3.64. The van der Waals surface area contributed by atoms with Gasteiger partial charge in [0.2, 0.25) is 11.8 Å². The highest BCUT2D eigenvalue weighted by Gasteiger charge is 2.00. The van der Waals surface area contributed by atoms with Crippen molar-refractivity contribution in [3.63, 3.8) is 0 Å². The van der Waals surface area contributed by atoms with E-state index in [0.717, 1.165) is 0 Å². The summed E-state index contributed by atoms with van der Waals surface area (Å²) in [7, 11) is 0. The molecule has 1 aromatic heterocycles. The molecule has 0 unspecified atom stereocenters. The van der Waals surface area contributed by atoms with Crippen LogP contribution in [0.5, 0.6) is 5.88 Å². The number of halogens is 1. The minimum absolute atomic E-state index is 0.0513. The first-order valence-electron chi connectivity index (χ1n) is 3.26. The van der Waals surface area contributed by atoms with Crippen molar-refractivity contribution in [2.45, 2.75) is 0 Å². The fourth-order valence-corrected chi connectivity index (χ4v) is 0.818. The molecule has 0 saturated heterocycles. The molecule has 1 heterocycles. The van der Waals surface area contributed by atoms with Crippen LogP contribution < -0.4 is 10.5 Å². The first-order chi connectivity index (χ1) is 5.72. The summed E-state index contributed by atoms with van der Waals surface area (Å²) >= 11 is 5.56. The van der Waals surface area contributed by atoms with Crippen molar-refractivity contribution >= 4 is 17.5 Å². The molecule has 0 saturated carbocycles. The van der Waals surface area contributed by atoms with Gasteiger partial charge in [-0.05, 0) is 0 Å². The molecule has 0 amide bonds. The van der Waals surface area contributed by atoms with Crippen LogP contribution >= 0.6 is 11.6 Å². The summed E-state index contributed by atoms with van der Waals surface area (Å²) in [6, 6.07) is 1.42. The van der Waals surface area contributed by atoms with Crippen LogP contribution in [0.3, 0.4) is 0 Å². The third-order valence-corrected chi connectivity index (χ3v) is 1.22. The number of hydrogen-bond acceptors (Lipinski definition) is 5. The van der Waals surface area contributed by atoms with Crippen molar-refractivity contribution in [2.24, 2.45) is 0 Å². The van der Waals surface area contributed by atoms with Gasteiger partial charge in [-0.25, -0.2) is 4.98 Å². The monoisotopic (exact) mass is 189 g/mol. The Morgan fingerprint density at radius 2 is 2.33 bits per heavy atom. The van der Waals surface area contributed by atoms with E-state index in [0.29, 0.717) is 0 Å². The molecule has 0 aliphatic heterocycles. The molecule has 0 fully saturated rings. The lowest BCUT2D eigenvalue weighted by atomic mass is 10.6. The second-order valence-electron chi connectivity index (χ2n) is 1.96. The molecular formula is C6H8ClN3O2. The van der Waals surface area contributed by atoms with Gasteiger partial charge in [0.05, 0.1) is 6.61 Å². The number of aliphatic hydroxyl groups excluding tert-OH is 1. The number of aromatic nitrogens is 2. The fourth-order valence-electron chi connectivity index (χ4n) is 0.638. The van der Waals surface area contributed by atoms with Gasteiger partial charge in [-0.2, -0.15) is 4.98 Å². The van der Waals surface area contributed by atoms with Crippen LogP contribution in [0.25, 0.3) is 0 Å². The molecule has 0 radical (unpaired) electrons. The molecule has 0 atom stereocenters. The number of nitrogens with zero attached hydrogens (tertiary/aromatic N) is 2. The summed E-state index contributed by atoms with van der Waals surface area (Å²) in [5.74, 6) is 0.317. The molecule has 3 N–H and O–H groups in total. The first kappa shape index (κ1) is 9.02. The van der Waals surface area contributed by atoms with E-state index in [2.05, 4.69) is 9.97 Å². The Kier molecular flexibility index (Phi) is 3.07. The lowest BCUT2D eigenvalue weighted by molar-refractivity contribution is 0.196. The average molecular weight is 190 g/mol. The Morgan fingerprint density at radius 1 is 1.58 bits per heavy atom. The minimum Gasteiger partial charge on any atom is -0.475 e. The van der Waals surface area contributed by atoms with E-state index in [4.69, 9.17) is 27.2 Å². The fraction of sp³-hybridized carbons (Fsp3) is 0.333. The van der Waals surface area contributed by atoms with E-state index in [1.807, 2.05) is 0 Å². The third-order valence-electron chi connectivity index (χ3n) is 1.03. The molecule has 6 heteroatoms. The predicted octanol–water partition coefficient (Wildman–Crippen LogP) is 0.0833. The van der Waals surface area contributed by atoms with Crippen molar-refractivity contribution < 1.29 is 9.84 Å². The van der Waals surface area contributed by atoms with Crippen LogP contribution in [-0.2, 0) is 0 Å². The lowest BCUT2D eigenvalue weighted by Crippen LogP contribution is -2.05. The molecule has 1 rings (SSSR count). The highest BCUT2D eigenvalue weighted by atomic mass is 35.5. The van der Waals surface area contributed by atoms with Gasteiger partial charge < -0.3 is 15.6 Å². The summed E-state index contributed by atoms with van der Waals surface area (Å²) in [5.41, 5.74) is 5.28. The minimum atomic E-state index is -0.0818. The summed E-state index contributed by atoms with van der Waals surface area (Å²) in [4.78, 5) is 7.35. The van der Waals surface area contributed by atoms with Crippen molar-refractivity contribution in [3.05, 3.63) is 11.2 Å². The van der Waals surface area contributed by atoms with Crippen LogP contribution in [0.1, 0.15) is 0 Å². The largest absolute Gasteiger partial charge is 0.475 e. The Bertz CT molecular complexity index is 249. The smallest absolute Gasteiger partial charge is 0.224 e. The van der Waals surface area contributed by atoms with Crippen LogP contribution in [0, 0.1) is 0 Å². The van der Waals surface area contributed by atoms with Gasteiger partial charge in [0.1, 0.15) is 11.8 Å². The van der Waals surface area contributed by atoms with Gasteiger partial charge in [0.25, 0.3) is 0 Å². The van der Waals surface area contributed by atoms with Crippen molar-refractivity contribution in [1.29, 1.82) is 0 Å². The van der Waals surface area contributed by atoms with Crippen LogP contribution in [0.15, 0.2) is 6.07 Å². The maximum Gasteiger partial charge on any atom is 0.224 e. The van der Waals surface area contributed by atoms with Crippen molar-refractivity contribution in [2.75, 3.05) is 18.9 Å². The van der Waals surface area contributed by atoms with Gasteiger partial charge >= 0.3 is 0 Å². The van der Waals surface area contributed by atoms with E-state index in [1.165, 1.54) is 6.07 Å². The van der Waals surface area contributed by atoms with Crippen LogP contribution in [0.2, 0.25) is 5.15 Å². The standard InChI is InChI=1S/C6H8ClN3O2/c7-4-3-5(12-2-1-11)10-6(8)9-4/h3,11H,1-2H2,(H2,8,9,10). The quantitative estimate of drug-likeness (QED) is 0.659. The average Bonchev–Trinajstić information content (AvgIpc) is 1.99. The predicted molar refractivity (Wildman–Crippen MR) is 44.0 cm³/mol. The van der Waals surface area contributed by atoms with Gasteiger partial charge in [0.15, 0.2) is 0 Å². The number of rotatable bonds is 3. The highest BCUT2D eigenvalue weighted by Crippen LogP contribution is 2.13. The molecule has 0 aliphatic rings. The van der Waals surface area contributed by atoms with Crippen molar-refractivity contribution in [1.82, 2.24) is 9.97 Å².